The van der Waals surface area contributed by atoms with E-state index in [1.165, 1.54) is 5.56 Å². The maximum Gasteiger partial charge on any atom is 0.0468 e. The first kappa shape index (κ1) is 13.3. The van der Waals surface area contributed by atoms with E-state index >= 15 is 0 Å². The predicted octanol–water partition coefficient (Wildman–Crippen LogP) is 3.89. The summed E-state index contributed by atoms with van der Waals surface area (Å²) in [6.45, 7) is 0. The van der Waals surface area contributed by atoms with Crippen molar-refractivity contribution < 1.29 is 0 Å². The molecule has 1 unspecified atom stereocenters. The first-order valence-corrected chi connectivity index (χ1v) is 6.47. The first-order chi connectivity index (χ1) is 8.70. The Morgan fingerprint density at radius 1 is 1.28 bits per heavy atom. The van der Waals surface area contributed by atoms with E-state index in [-0.39, 0.29) is 6.04 Å². The highest BCUT2D eigenvalue weighted by Gasteiger charge is 2.13. The number of likely N-dealkylation sites (N-methyl/N-ethyl adjacent to an activating group) is 1. The molecule has 2 aromatic rings. The van der Waals surface area contributed by atoms with Crippen LogP contribution in [-0.4, -0.2) is 12.0 Å². The number of nitrogens with zero attached hydrogens (tertiary/aromatic N) is 1. The number of hydrogen-bond acceptors (Lipinski definition) is 2. The SMILES string of the molecule is CNC(Cc1cccnc1)c1ccc(Cl)cc1Cl. The lowest BCUT2D eigenvalue weighted by Gasteiger charge is -2.18. The van der Waals surface area contributed by atoms with Gasteiger partial charge in [-0.15, -0.1) is 0 Å². The zero-order valence-corrected chi connectivity index (χ0v) is 11.5. The molecule has 1 heterocycles. The normalized spacial score (nSPS) is 12.4. The summed E-state index contributed by atoms with van der Waals surface area (Å²) in [6, 6.07) is 9.73. The van der Waals surface area contributed by atoms with E-state index in [0.29, 0.717) is 10.0 Å². The zero-order valence-electron chi connectivity index (χ0n) is 10.0. The van der Waals surface area contributed by atoms with E-state index in [0.717, 1.165) is 12.0 Å². The van der Waals surface area contributed by atoms with Crippen molar-refractivity contribution in [2.45, 2.75) is 12.5 Å². The summed E-state index contributed by atoms with van der Waals surface area (Å²) in [4.78, 5) is 4.12. The van der Waals surface area contributed by atoms with E-state index < -0.39 is 0 Å². The number of halogens is 2. The van der Waals surface area contributed by atoms with Gasteiger partial charge in [0.25, 0.3) is 0 Å². The van der Waals surface area contributed by atoms with Gasteiger partial charge in [-0.25, -0.2) is 0 Å². The molecule has 1 N–H and O–H groups in total. The van der Waals surface area contributed by atoms with Crippen LogP contribution in [0.15, 0.2) is 42.7 Å². The van der Waals surface area contributed by atoms with Crippen molar-refractivity contribution in [3.8, 4) is 0 Å². The molecule has 0 radical (unpaired) electrons. The van der Waals surface area contributed by atoms with Crippen molar-refractivity contribution in [1.82, 2.24) is 10.3 Å². The fraction of sp³-hybridized carbons (Fsp3) is 0.214. The molecule has 1 atom stereocenters. The molecule has 4 heteroatoms. The molecule has 2 rings (SSSR count). The van der Waals surface area contributed by atoms with Gasteiger partial charge in [0.2, 0.25) is 0 Å². The third-order valence-electron chi connectivity index (χ3n) is 2.85. The summed E-state index contributed by atoms with van der Waals surface area (Å²) in [5.41, 5.74) is 2.22. The second-order valence-corrected chi connectivity index (χ2v) is 4.92. The van der Waals surface area contributed by atoms with Crippen LogP contribution >= 0.6 is 23.2 Å². The Bertz CT molecular complexity index is 514. The number of aromatic nitrogens is 1. The van der Waals surface area contributed by atoms with Crippen molar-refractivity contribution in [3.63, 3.8) is 0 Å². The molecule has 0 bridgehead atoms. The highest BCUT2D eigenvalue weighted by Crippen LogP contribution is 2.28. The Balaban J connectivity index is 2.23. The lowest BCUT2D eigenvalue weighted by atomic mass is 10.00. The second-order valence-electron chi connectivity index (χ2n) is 4.07. The standard InChI is InChI=1S/C14H14Cl2N2/c1-17-14(7-10-3-2-6-18-9-10)12-5-4-11(15)8-13(12)16/h2-6,8-9,14,17H,7H2,1H3. The smallest absolute Gasteiger partial charge is 0.0468 e. The summed E-state index contributed by atoms with van der Waals surface area (Å²) in [5.74, 6) is 0. The topological polar surface area (TPSA) is 24.9 Å². The van der Waals surface area contributed by atoms with Crippen molar-refractivity contribution in [2.75, 3.05) is 7.05 Å². The molecular formula is C14H14Cl2N2. The minimum Gasteiger partial charge on any atom is -0.313 e. The number of rotatable bonds is 4. The second kappa shape index (κ2) is 6.19. The van der Waals surface area contributed by atoms with Gasteiger partial charge in [0.05, 0.1) is 0 Å². The number of benzene rings is 1. The van der Waals surface area contributed by atoms with Crippen LogP contribution in [0.25, 0.3) is 0 Å². The average Bonchev–Trinajstić information content (AvgIpc) is 2.38. The molecular weight excluding hydrogens is 267 g/mol. The monoisotopic (exact) mass is 280 g/mol. The predicted molar refractivity (Wildman–Crippen MR) is 76.2 cm³/mol. The number of pyridine rings is 1. The van der Waals surface area contributed by atoms with Gasteiger partial charge in [0.15, 0.2) is 0 Å². The van der Waals surface area contributed by atoms with Crippen LogP contribution in [0.5, 0.6) is 0 Å². The minimum absolute atomic E-state index is 0.152. The van der Waals surface area contributed by atoms with Gasteiger partial charge >= 0.3 is 0 Å². The summed E-state index contributed by atoms with van der Waals surface area (Å²) in [5, 5.41) is 4.61. The lowest BCUT2D eigenvalue weighted by Crippen LogP contribution is -2.19. The molecule has 0 aliphatic heterocycles. The summed E-state index contributed by atoms with van der Waals surface area (Å²) in [7, 11) is 1.92. The zero-order chi connectivity index (χ0) is 13.0. The minimum atomic E-state index is 0.152. The summed E-state index contributed by atoms with van der Waals surface area (Å²) < 4.78 is 0. The van der Waals surface area contributed by atoms with Gasteiger partial charge in [0.1, 0.15) is 0 Å². The third kappa shape index (κ3) is 3.22. The molecule has 18 heavy (non-hydrogen) atoms. The summed E-state index contributed by atoms with van der Waals surface area (Å²) in [6.07, 6.45) is 4.48. The highest BCUT2D eigenvalue weighted by molar-refractivity contribution is 6.35. The quantitative estimate of drug-likeness (QED) is 0.919. The van der Waals surface area contributed by atoms with Crippen LogP contribution in [0.3, 0.4) is 0 Å². The van der Waals surface area contributed by atoms with Crippen molar-refractivity contribution >= 4 is 23.2 Å². The van der Waals surface area contributed by atoms with Crippen LogP contribution in [0, 0.1) is 0 Å². The van der Waals surface area contributed by atoms with E-state index in [2.05, 4.69) is 16.4 Å². The van der Waals surface area contributed by atoms with E-state index in [9.17, 15) is 0 Å². The fourth-order valence-electron chi connectivity index (χ4n) is 1.91. The van der Waals surface area contributed by atoms with Crippen LogP contribution in [0.1, 0.15) is 17.2 Å². The Morgan fingerprint density at radius 2 is 2.11 bits per heavy atom. The van der Waals surface area contributed by atoms with Crippen LogP contribution in [-0.2, 0) is 6.42 Å². The van der Waals surface area contributed by atoms with Gasteiger partial charge in [-0.05, 0) is 42.8 Å². The highest BCUT2D eigenvalue weighted by atomic mass is 35.5. The Kier molecular flexibility index (Phi) is 4.59. The molecule has 94 valence electrons. The van der Waals surface area contributed by atoms with Crippen molar-refractivity contribution in [1.29, 1.82) is 0 Å². The lowest BCUT2D eigenvalue weighted by molar-refractivity contribution is 0.591. The van der Waals surface area contributed by atoms with Crippen LogP contribution < -0.4 is 5.32 Å². The molecule has 0 aliphatic rings. The van der Waals surface area contributed by atoms with Gasteiger partial charge in [-0.3, -0.25) is 4.98 Å². The van der Waals surface area contributed by atoms with E-state index in [1.807, 2.05) is 31.4 Å². The Morgan fingerprint density at radius 3 is 2.72 bits per heavy atom. The molecule has 2 nitrogen and oxygen atoms in total. The molecule has 1 aromatic heterocycles. The first-order valence-electron chi connectivity index (χ1n) is 5.72. The third-order valence-corrected chi connectivity index (χ3v) is 3.41. The molecule has 0 saturated heterocycles. The van der Waals surface area contributed by atoms with Gasteiger partial charge in [-0.1, -0.05) is 35.3 Å². The summed E-state index contributed by atoms with van der Waals surface area (Å²) >= 11 is 12.1. The van der Waals surface area contributed by atoms with E-state index in [4.69, 9.17) is 23.2 Å². The van der Waals surface area contributed by atoms with Gasteiger partial charge in [-0.2, -0.15) is 0 Å². The van der Waals surface area contributed by atoms with Gasteiger partial charge < -0.3 is 5.32 Å². The molecule has 0 aliphatic carbocycles. The van der Waals surface area contributed by atoms with Crippen LogP contribution in [0.2, 0.25) is 10.0 Å². The number of nitrogens with one attached hydrogen (secondary N) is 1. The fourth-order valence-corrected chi connectivity index (χ4v) is 2.45. The van der Waals surface area contributed by atoms with Crippen molar-refractivity contribution in [2.24, 2.45) is 0 Å². The van der Waals surface area contributed by atoms with Crippen LogP contribution in [0.4, 0.5) is 0 Å². The Hall–Kier alpha value is -1.09. The Labute approximate surface area is 117 Å². The molecule has 0 amide bonds. The van der Waals surface area contributed by atoms with E-state index in [1.54, 1.807) is 12.3 Å². The maximum atomic E-state index is 6.23. The van der Waals surface area contributed by atoms with Gasteiger partial charge in [0, 0.05) is 28.5 Å². The molecule has 0 spiro atoms. The number of hydrogen-bond donors (Lipinski definition) is 1. The molecule has 1 aromatic carbocycles. The largest absolute Gasteiger partial charge is 0.313 e. The average molecular weight is 281 g/mol. The molecule has 0 fully saturated rings. The maximum absolute atomic E-state index is 6.23. The van der Waals surface area contributed by atoms with Crippen molar-refractivity contribution in [3.05, 3.63) is 63.9 Å². The molecule has 0 saturated carbocycles.